The van der Waals surface area contributed by atoms with Crippen LogP contribution in [0.3, 0.4) is 0 Å². The van der Waals surface area contributed by atoms with Gasteiger partial charge in [-0.2, -0.15) is 0 Å². The van der Waals surface area contributed by atoms with E-state index in [2.05, 4.69) is 21.9 Å². The predicted molar refractivity (Wildman–Crippen MR) is 128 cm³/mol. The Morgan fingerprint density at radius 1 is 0.906 bits per heavy atom. The first-order valence-electron chi connectivity index (χ1n) is 11.7. The summed E-state index contributed by atoms with van der Waals surface area (Å²) in [7, 11) is 0. The van der Waals surface area contributed by atoms with Crippen molar-refractivity contribution < 1.29 is 23.8 Å². The fourth-order valence-corrected chi connectivity index (χ4v) is 6.96. The van der Waals surface area contributed by atoms with Crippen LogP contribution in [0.5, 0.6) is 0 Å². The molecule has 0 unspecified atom stereocenters. The molecule has 0 N–H and O–H groups in total. The van der Waals surface area contributed by atoms with Crippen molar-refractivity contribution in [2.75, 3.05) is 39.3 Å². The Balaban J connectivity index is 1.14. The Morgan fingerprint density at radius 2 is 1.56 bits per heavy atom. The first-order chi connectivity index (χ1) is 15.6. The highest BCUT2D eigenvalue weighted by Crippen LogP contribution is 2.37. The minimum atomic E-state index is -0.987. The molecule has 0 amide bonds. The fraction of sp³-hybridized carbons (Fsp3) is 0.625. The van der Waals surface area contributed by atoms with Crippen LogP contribution in [0.4, 0.5) is 0 Å². The molecule has 4 aliphatic rings. The number of halogens is 1. The monoisotopic (exact) mass is 554 g/mol. The molecule has 0 radical (unpaired) electrons. The Morgan fingerprint density at radius 3 is 2.19 bits per heavy atom. The highest BCUT2D eigenvalue weighted by molar-refractivity contribution is 14.2. The van der Waals surface area contributed by atoms with Gasteiger partial charge < -0.3 is 14.2 Å². The van der Waals surface area contributed by atoms with E-state index < -0.39 is 38.5 Å². The fourth-order valence-electron chi connectivity index (χ4n) is 4.95. The summed E-state index contributed by atoms with van der Waals surface area (Å²) in [5.41, 5.74) is 1.26. The third-order valence-electron chi connectivity index (χ3n) is 6.75. The van der Waals surface area contributed by atoms with Crippen molar-refractivity contribution in [1.82, 2.24) is 9.80 Å². The van der Waals surface area contributed by atoms with Crippen molar-refractivity contribution in [3.63, 3.8) is 0 Å². The van der Waals surface area contributed by atoms with Gasteiger partial charge >= 0.3 is 11.9 Å². The quantitative estimate of drug-likeness (QED) is 0.410. The lowest BCUT2D eigenvalue weighted by molar-refractivity contribution is -0.224. The van der Waals surface area contributed by atoms with Crippen LogP contribution in [0.2, 0.25) is 0 Å². The van der Waals surface area contributed by atoms with Crippen molar-refractivity contribution in [1.29, 1.82) is 0 Å². The van der Waals surface area contributed by atoms with Crippen LogP contribution in [0.15, 0.2) is 24.3 Å². The molecule has 3 heterocycles. The number of hydrogen-bond donors (Lipinski definition) is 0. The summed E-state index contributed by atoms with van der Waals surface area (Å²) in [5.74, 6) is -1.93. The van der Waals surface area contributed by atoms with Gasteiger partial charge in [0.15, 0.2) is 3.51 Å². The van der Waals surface area contributed by atoms with Crippen molar-refractivity contribution in [2.24, 2.45) is 0 Å². The smallest absolute Gasteiger partial charge is 0.354 e. The summed E-state index contributed by atoms with van der Waals surface area (Å²) < 4.78 is 18.1. The van der Waals surface area contributed by atoms with E-state index in [9.17, 15) is 9.59 Å². The molecule has 8 heteroatoms. The topological polar surface area (TPSA) is 68.3 Å². The van der Waals surface area contributed by atoms with Crippen LogP contribution in [0.1, 0.15) is 44.1 Å². The molecule has 1 aromatic carbocycles. The average Bonchev–Trinajstić information content (AvgIpc) is 3.46. The highest BCUT2D eigenvalue weighted by Gasteiger charge is 2.48. The standard InChI is InChI=1S/C24H31IN2O5/c28-22-21(23(29)32-24(31-22)9-1-2-10-24)25-19-7-5-18(6-8-19)16-26-11-13-27(14-12-26)17-20-4-3-15-30-20/h5-8,20H,1-4,9-17H2/t20-/m1/s1. The molecule has 1 aliphatic carbocycles. The Kier molecular flexibility index (Phi) is 6.92. The second-order valence-corrected chi connectivity index (χ2v) is 12.0. The van der Waals surface area contributed by atoms with Crippen LogP contribution in [-0.2, 0) is 30.3 Å². The van der Waals surface area contributed by atoms with Crippen molar-refractivity contribution >= 4 is 36.2 Å². The molecule has 5 rings (SSSR count). The number of carbonyl (C=O) groups is 2. The van der Waals surface area contributed by atoms with Gasteiger partial charge in [-0.05, 0) is 43.4 Å². The molecule has 1 atom stereocenters. The summed E-state index contributed by atoms with van der Waals surface area (Å²) in [4.78, 5) is 30.0. The summed E-state index contributed by atoms with van der Waals surface area (Å²) in [6, 6.07) is 8.33. The number of rotatable bonds is 5. The SMILES string of the molecule is O=C1OC2(CCCC2)OC(=O)C1=Ic1ccc(CN2CCN(C[C@H]3CCCO3)CC2)cc1. The molecule has 32 heavy (non-hydrogen) atoms. The summed E-state index contributed by atoms with van der Waals surface area (Å²) in [6.45, 7) is 7.23. The number of esters is 2. The van der Waals surface area contributed by atoms with Crippen molar-refractivity contribution in [2.45, 2.75) is 57.0 Å². The highest BCUT2D eigenvalue weighted by atomic mass is 127. The average molecular weight is 554 g/mol. The zero-order chi connectivity index (χ0) is 22.0. The molecular weight excluding hydrogens is 523 g/mol. The van der Waals surface area contributed by atoms with Gasteiger partial charge in [0.2, 0.25) is 0 Å². The van der Waals surface area contributed by atoms with E-state index in [0.717, 1.165) is 62.3 Å². The molecule has 0 aromatic heterocycles. The Labute approximate surface area is 199 Å². The zero-order valence-corrected chi connectivity index (χ0v) is 20.6. The van der Waals surface area contributed by atoms with E-state index >= 15 is 0 Å². The number of nitrogens with zero attached hydrogens (tertiary/aromatic N) is 2. The van der Waals surface area contributed by atoms with Gasteiger partial charge in [0, 0.05) is 62.3 Å². The molecule has 1 aromatic rings. The Bertz CT molecular complexity index is 845. The first-order valence-corrected chi connectivity index (χ1v) is 13.9. The van der Waals surface area contributed by atoms with Gasteiger partial charge in [0.05, 0.1) is 6.10 Å². The Hall–Kier alpha value is -1.36. The molecule has 4 fully saturated rings. The van der Waals surface area contributed by atoms with Crippen LogP contribution in [0, 0.1) is 3.57 Å². The van der Waals surface area contributed by atoms with Crippen LogP contribution < -0.4 is 0 Å². The first kappa shape index (κ1) is 22.4. The van der Waals surface area contributed by atoms with Crippen LogP contribution in [-0.4, -0.2) is 76.5 Å². The largest absolute Gasteiger partial charge is 0.418 e. The molecule has 7 nitrogen and oxygen atoms in total. The van der Waals surface area contributed by atoms with Crippen LogP contribution >= 0.6 is 20.7 Å². The second kappa shape index (κ2) is 9.87. The van der Waals surface area contributed by atoms with E-state index in [-0.39, 0.29) is 3.51 Å². The van der Waals surface area contributed by atoms with Gasteiger partial charge in [-0.15, -0.1) is 0 Å². The molecular formula is C24H31IN2O5. The number of carbonyl (C=O) groups excluding carboxylic acids is 2. The van der Waals surface area contributed by atoms with Gasteiger partial charge in [-0.25, -0.2) is 9.59 Å². The summed E-state index contributed by atoms with van der Waals surface area (Å²) in [5, 5.41) is 0. The van der Waals surface area contributed by atoms with Gasteiger partial charge in [0.1, 0.15) is 0 Å². The summed E-state index contributed by atoms with van der Waals surface area (Å²) >= 11 is -0.919. The minimum absolute atomic E-state index is 0.205. The number of hydrogen-bond acceptors (Lipinski definition) is 7. The van der Waals surface area contributed by atoms with E-state index in [4.69, 9.17) is 14.2 Å². The molecule has 3 saturated heterocycles. The lowest BCUT2D eigenvalue weighted by Gasteiger charge is -2.35. The van der Waals surface area contributed by atoms with E-state index in [1.807, 2.05) is 12.1 Å². The molecule has 1 saturated carbocycles. The minimum Gasteiger partial charge on any atom is -0.418 e. The lowest BCUT2D eigenvalue weighted by atomic mass is 10.2. The molecule has 0 bridgehead atoms. The van der Waals surface area contributed by atoms with Crippen molar-refractivity contribution in [3.8, 4) is 0 Å². The molecule has 1 spiro atoms. The van der Waals surface area contributed by atoms with Gasteiger partial charge in [-0.3, -0.25) is 9.80 Å². The number of piperazine rings is 1. The lowest BCUT2D eigenvalue weighted by Crippen LogP contribution is -2.48. The predicted octanol–water partition coefficient (Wildman–Crippen LogP) is 2.67. The van der Waals surface area contributed by atoms with Gasteiger partial charge in [-0.1, -0.05) is 32.9 Å². The normalized spacial score (nSPS) is 26.5. The molecule has 3 aliphatic heterocycles. The van der Waals surface area contributed by atoms with E-state index in [1.54, 1.807) is 0 Å². The molecule has 174 valence electrons. The van der Waals surface area contributed by atoms with Gasteiger partial charge in [0.25, 0.3) is 5.79 Å². The second-order valence-electron chi connectivity index (χ2n) is 9.14. The summed E-state index contributed by atoms with van der Waals surface area (Å²) in [6.07, 6.45) is 5.92. The maximum Gasteiger partial charge on any atom is 0.354 e. The third-order valence-corrected chi connectivity index (χ3v) is 9.52. The van der Waals surface area contributed by atoms with E-state index in [0.29, 0.717) is 18.9 Å². The van der Waals surface area contributed by atoms with Crippen LogP contribution in [0.25, 0.3) is 0 Å². The van der Waals surface area contributed by atoms with E-state index in [1.165, 1.54) is 18.4 Å². The third kappa shape index (κ3) is 5.24. The maximum absolute atomic E-state index is 12.5. The maximum atomic E-state index is 12.5. The van der Waals surface area contributed by atoms with Crippen molar-refractivity contribution in [3.05, 3.63) is 33.4 Å². The number of benzene rings is 1. The zero-order valence-electron chi connectivity index (χ0n) is 18.4. The number of ether oxygens (including phenoxy) is 3.